The van der Waals surface area contributed by atoms with Crippen molar-refractivity contribution in [3.8, 4) is 5.75 Å². The summed E-state index contributed by atoms with van der Waals surface area (Å²) in [6.45, 7) is 3.78. The van der Waals surface area contributed by atoms with Crippen molar-refractivity contribution >= 4 is 46.9 Å². The van der Waals surface area contributed by atoms with Crippen molar-refractivity contribution in [2.24, 2.45) is 0 Å². The van der Waals surface area contributed by atoms with E-state index in [2.05, 4.69) is 16.0 Å². The summed E-state index contributed by atoms with van der Waals surface area (Å²) in [5.41, 5.74) is 3.51. The molecular formula is C33H31N3O4S. The summed E-state index contributed by atoms with van der Waals surface area (Å²) in [7, 11) is 1.58. The van der Waals surface area contributed by atoms with Crippen molar-refractivity contribution in [3.63, 3.8) is 0 Å². The number of para-hydroxylation sites is 1. The molecule has 41 heavy (non-hydrogen) atoms. The molecule has 0 aliphatic carbocycles. The van der Waals surface area contributed by atoms with Gasteiger partial charge in [-0.2, -0.15) is 0 Å². The predicted molar refractivity (Wildman–Crippen MR) is 165 cm³/mol. The summed E-state index contributed by atoms with van der Waals surface area (Å²) in [5.74, 6) is -0.333. The van der Waals surface area contributed by atoms with Gasteiger partial charge in [0.15, 0.2) is 0 Å². The highest BCUT2D eigenvalue weighted by Gasteiger charge is 2.18. The van der Waals surface area contributed by atoms with Crippen molar-refractivity contribution in [2.75, 3.05) is 17.7 Å². The normalized spacial score (nSPS) is 11.7. The molecule has 3 amide bonds. The molecule has 4 aromatic carbocycles. The van der Waals surface area contributed by atoms with Gasteiger partial charge >= 0.3 is 0 Å². The third-order valence-corrected chi connectivity index (χ3v) is 7.23. The van der Waals surface area contributed by atoms with Crippen LogP contribution in [0.3, 0.4) is 0 Å². The van der Waals surface area contributed by atoms with Crippen molar-refractivity contribution in [1.29, 1.82) is 0 Å². The summed E-state index contributed by atoms with van der Waals surface area (Å²) in [4.78, 5) is 39.9. The molecule has 8 heteroatoms. The fourth-order valence-corrected chi connectivity index (χ4v) is 4.79. The van der Waals surface area contributed by atoms with Gasteiger partial charge in [-0.05, 0) is 79.6 Å². The number of rotatable bonds is 10. The minimum absolute atomic E-state index is 0.0769. The molecular weight excluding hydrogens is 534 g/mol. The Kier molecular flexibility index (Phi) is 9.96. The number of benzene rings is 4. The lowest BCUT2D eigenvalue weighted by Gasteiger charge is -2.15. The minimum atomic E-state index is -0.488. The number of aryl methyl sites for hydroxylation is 1. The molecule has 4 aromatic rings. The smallest absolute Gasteiger partial charge is 0.272 e. The number of amides is 3. The first-order valence-corrected chi connectivity index (χ1v) is 13.9. The maximum absolute atomic E-state index is 13.4. The molecule has 3 N–H and O–H groups in total. The van der Waals surface area contributed by atoms with E-state index in [1.54, 1.807) is 79.9 Å². The lowest BCUT2D eigenvalue weighted by Crippen LogP contribution is -2.30. The van der Waals surface area contributed by atoms with E-state index in [1.165, 1.54) is 11.8 Å². The topological polar surface area (TPSA) is 96.5 Å². The molecule has 7 nitrogen and oxygen atoms in total. The minimum Gasteiger partial charge on any atom is -0.497 e. The van der Waals surface area contributed by atoms with Crippen LogP contribution in [0.5, 0.6) is 5.75 Å². The average molecular weight is 566 g/mol. The quantitative estimate of drug-likeness (QED) is 0.150. The number of carbonyl (C=O) groups excluding carboxylic acids is 3. The number of methoxy groups -OCH3 is 1. The van der Waals surface area contributed by atoms with E-state index >= 15 is 0 Å². The second-order valence-corrected chi connectivity index (χ2v) is 10.6. The molecule has 1 atom stereocenters. The molecule has 0 bridgehead atoms. The van der Waals surface area contributed by atoms with Gasteiger partial charge in [-0.25, -0.2) is 0 Å². The van der Waals surface area contributed by atoms with Crippen molar-refractivity contribution < 1.29 is 19.1 Å². The Hall–Kier alpha value is -4.82. The SMILES string of the molecule is COc1ccc(/C=C(/NC(=O)c2ccccc2)C(=O)Nc2cccc(SC(C)C(=O)Nc3ccccc3C)c2)cc1. The van der Waals surface area contributed by atoms with E-state index in [0.717, 1.165) is 16.1 Å². The van der Waals surface area contributed by atoms with Crippen LogP contribution in [-0.4, -0.2) is 30.1 Å². The Morgan fingerprint density at radius 2 is 1.54 bits per heavy atom. The molecule has 0 spiro atoms. The van der Waals surface area contributed by atoms with E-state index < -0.39 is 11.8 Å². The molecule has 0 radical (unpaired) electrons. The summed E-state index contributed by atoms with van der Waals surface area (Å²) in [6.07, 6.45) is 1.60. The zero-order valence-corrected chi connectivity index (χ0v) is 23.8. The van der Waals surface area contributed by atoms with Crippen molar-refractivity contribution in [3.05, 3.63) is 126 Å². The van der Waals surface area contributed by atoms with E-state index in [-0.39, 0.29) is 16.9 Å². The van der Waals surface area contributed by atoms with E-state index in [9.17, 15) is 14.4 Å². The number of hydrogen-bond acceptors (Lipinski definition) is 5. The average Bonchev–Trinajstić information content (AvgIpc) is 2.99. The molecule has 0 fully saturated rings. The van der Waals surface area contributed by atoms with Gasteiger partial charge < -0.3 is 20.7 Å². The number of anilines is 2. The van der Waals surface area contributed by atoms with E-state index in [1.807, 2.05) is 50.2 Å². The summed E-state index contributed by atoms with van der Waals surface area (Å²) < 4.78 is 5.21. The Labute approximate surface area is 244 Å². The summed E-state index contributed by atoms with van der Waals surface area (Å²) in [6, 6.07) is 30.7. The molecule has 4 rings (SSSR count). The number of ether oxygens (including phenoxy) is 1. The lowest BCUT2D eigenvalue weighted by molar-refractivity contribution is -0.115. The van der Waals surface area contributed by atoms with Gasteiger partial charge in [0, 0.05) is 21.8 Å². The molecule has 0 aliphatic heterocycles. The van der Waals surface area contributed by atoms with Gasteiger partial charge in [-0.1, -0.05) is 54.6 Å². The first-order valence-electron chi connectivity index (χ1n) is 13.0. The van der Waals surface area contributed by atoms with Crippen LogP contribution in [0.2, 0.25) is 0 Å². The van der Waals surface area contributed by atoms with E-state index in [4.69, 9.17) is 4.74 Å². The maximum atomic E-state index is 13.4. The molecule has 0 saturated heterocycles. The van der Waals surface area contributed by atoms with Crippen molar-refractivity contribution in [2.45, 2.75) is 24.0 Å². The number of carbonyl (C=O) groups is 3. The van der Waals surface area contributed by atoms with Gasteiger partial charge in [0.2, 0.25) is 5.91 Å². The molecule has 0 heterocycles. The molecule has 1 unspecified atom stereocenters. The fourth-order valence-electron chi connectivity index (χ4n) is 3.86. The Balaban J connectivity index is 1.49. The van der Waals surface area contributed by atoms with Crippen LogP contribution in [0.25, 0.3) is 6.08 Å². The zero-order valence-electron chi connectivity index (χ0n) is 23.0. The third kappa shape index (κ3) is 8.33. The standard InChI is InChI=1S/C33H31N3O4S/c1-22-10-7-8-15-29(22)35-31(37)23(2)41-28-14-9-13-26(21-28)34-33(39)30(20-24-16-18-27(40-3)19-17-24)36-32(38)25-11-5-4-6-12-25/h4-21,23H,1-3H3,(H,34,39)(H,35,37)(H,36,38)/b30-20+. The zero-order chi connectivity index (χ0) is 29.2. The highest BCUT2D eigenvalue weighted by atomic mass is 32.2. The Morgan fingerprint density at radius 1 is 0.829 bits per heavy atom. The molecule has 0 saturated carbocycles. The fraction of sp³-hybridized carbons (Fsp3) is 0.121. The summed E-state index contributed by atoms with van der Waals surface area (Å²) in [5, 5.41) is 8.20. The van der Waals surface area contributed by atoms with Crippen LogP contribution >= 0.6 is 11.8 Å². The Bertz CT molecular complexity index is 1550. The first-order chi connectivity index (χ1) is 19.8. The lowest BCUT2D eigenvalue weighted by atomic mass is 10.1. The Morgan fingerprint density at radius 3 is 2.24 bits per heavy atom. The van der Waals surface area contributed by atoms with Crippen LogP contribution in [0.1, 0.15) is 28.4 Å². The number of nitrogens with one attached hydrogen (secondary N) is 3. The highest BCUT2D eigenvalue weighted by Crippen LogP contribution is 2.27. The second-order valence-electron chi connectivity index (χ2n) is 9.20. The van der Waals surface area contributed by atoms with Crippen LogP contribution in [0, 0.1) is 6.92 Å². The first kappa shape index (κ1) is 29.2. The van der Waals surface area contributed by atoms with Gasteiger partial charge in [0.05, 0.1) is 12.4 Å². The number of hydrogen-bond donors (Lipinski definition) is 3. The van der Waals surface area contributed by atoms with Gasteiger partial charge in [-0.3, -0.25) is 14.4 Å². The summed E-state index contributed by atoms with van der Waals surface area (Å²) >= 11 is 1.38. The predicted octanol–water partition coefficient (Wildman–Crippen LogP) is 6.53. The number of thioether (sulfide) groups is 1. The largest absolute Gasteiger partial charge is 0.497 e. The van der Waals surface area contributed by atoms with Gasteiger partial charge in [0.25, 0.3) is 11.8 Å². The van der Waals surface area contributed by atoms with Crippen LogP contribution in [0.4, 0.5) is 11.4 Å². The van der Waals surface area contributed by atoms with Crippen LogP contribution in [0.15, 0.2) is 114 Å². The molecule has 0 aliphatic rings. The van der Waals surface area contributed by atoms with Gasteiger partial charge in [0.1, 0.15) is 11.4 Å². The van der Waals surface area contributed by atoms with Gasteiger partial charge in [-0.15, -0.1) is 11.8 Å². The monoisotopic (exact) mass is 565 g/mol. The van der Waals surface area contributed by atoms with Crippen LogP contribution in [-0.2, 0) is 9.59 Å². The maximum Gasteiger partial charge on any atom is 0.272 e. The third-order valence-electron chi connectivity index (χ3n) is 6.13. The molecule has 208 valence electrons. The second kappa shape index (κ2) is 14.0. The van der Waals surface area contributed by atoms with Crippen LogP contribution < -0.4 is 20.7 Å². The molecule has 0 aromatic heterocycles. The van der Waals surface area contributed by atoms with Crippen molar-refractivity contribution in [1.82, 2.24) is 5.32 Å². The highest BCUT2D eigenvalue weighted by molar-refractivity contribution is 8.00. The van der Waals surface area contributed by atoms with E-state index in [0.29, 0.717) is 22.6 Å².